The number of thioether (sulfide) groups is 1. The molecule has 0 aromatic carbocycles. The summed E-state index contributed by atoms with van der Waals surface area (Å²) in [7, 11) is 0. The van der Waals surface area contributed by atoms with Gasteiger partial charge in [-0.2, -0.15) is 0 Å². The Labute approximate surface area is 206 Å². The molecule has 1 aliphatic rings. The Kier molecular flexibility index (Phi) is 10.3. The molecule has 1 aromatic heterocycles. The predicted octanol–water partition coefficient (Wildman–Crippen LogP) is 2.57. The van der Waals surface area contributed by atoms with Crippen LogP contribution in [0, 0.1) is 5.92 Å². The van der Waals surface area contributed by atoms with Crippen LogP contribution in [-0.4, -0.2) is 62.3 Å². The van der Waals surface area contributed by atoms with E-state index < -0.39 is 29.6 Å². The molecule has 33 heavy (non-hydrogen) atoms. The number of aliphatic carboxylic acids is 1. The number of hydrogen-bond acceptors (Lipinski definition) is 9. The van der Waals surface area contributed by atoms with Gasteiger partial charge in [-0.15, -0.1) is 34.7 Å². The topological polar surface area (TPSA) is 144 Å². The third-order valence-corrected chi connectivity index (χ3v) is 7.12. The lowest BCUT2D eigenvalue weighted by molar-refractivity contribution is -0.150. The molecule has 0 unspecified atom stereocenters. The maximum Gasteiger partial charge on any atom is 0.332 e. The van der Waals surface area contributed by atoms with E-state index in [4.69, 9.17) is 22.1 Å². The van der Waals surface area contributed by atoms with Gasteiger partial charge in [-0.25, -0.2) is 9.78 Å². The van der Waals surface area contributed by atoms with E-state index in [2.05, 4.69) is 15.3 Å². The number of ether oxygens (including phenoxy) is 1. The van der Waals surface area contributed by atoms with Gasteiger partial charge >= 0.3 is 11.9 Å². The summed E-state index contributed by atoms with van der Waals surface area (Å²) in [5.41, 5.74) is 5.29. The highest BCUT2D eigenvalue weighted by Gasteiger charge is 2.39. The SMILES string of the molecule is CC(C)[C@H](N)C(=O)O[C@H](/C=C/CCCl)CC(=O)NCc1nc(C2=N[C@](C)(C(=O)O)CS2)cs1. The Hall–Kier alpha value is -1.95. The molecule has 0 fully saturated rings. The first-order valence-corrected chi connectivity index (χ1v) is 12.8. The molecule has 2 heterocycles. The largest absolute Gasteiger partial charge is 0.479 e. The van der Waals surface area contributed by atoms with E-state index in [1.54, 1.807) is 24.5 Å². The summed E-state index contributed by atoms with van der Waals surface area (Å²) < 4.78 is 5.42. The zero-order valence-electron chi connectivity index (χ0n) is 18.7. The fraction of sp³-hybridized carbons (Fsp3) is 0.571. The number of halogens is 1. The lowest BCUT2D eigenvalue weighted by Gasteiger charge is -2.19. The van der Waals surface area contributed by atoms with E-state index in [0.29, 0.717) is 33.8 Å². The number of aromatic nitrogens is 1. The Bertz CT molecular complexity index is 920. The number of alkyl halides is 1. The molecule has 0 aliphatic carbocycles. The highest BCUT2D eigenvalue weighted by atomic mass is 35.5. The molecule has 9 nitrogen and oxygen atoms in total. The van der Waals surface area contributed by atoms with Crippen LogP contribution in [0.25, 0.3) is 0 Å². The van der Waals surface area contributed by atoms with Crippen molar-refractivity contribution in [2.24, 2.45) is 16.6 Å². The van der Waals surface area contributed by atoms with Gasteiger partial charge in [0.1, 0.15) is 27.9 Å². The zero-order valence-corrected chi connectivity index (χ0v) is 21.1. The number of nitrogens with zero attached hydrogens (tertiary/aromatic N) is 2. The van der Waals surface area contributed by atoms with Gasteiger partial charge in [-0.1, -0.05) is 19.9 Å². The van der Waals surface area contributed by atoms with Crippen LogP contribution < -0.4 is 11.1 Å². The highest BCUT2D eigenvalue weighted by Crippen LogP contribution is 2.31. The van der Waals surface area contributed by atoms with Gasteiger partial charge in [0, 0.05) is 17.0 Å². The number of esters is 1. The second-order valence-corrected chi connectivity index (χ2v) is 10.3. The Morgan fingerprint density at radius 1 is 1.42 bits per heavy atom. The molecule has 0 saturated heterocycles. The fourth-order valence-electron chi connectivity index (χ4n) is 2.62. The van der Waals surface area contributed by atoms with Crippen molar-refractivity contribution in [1.82, 2.24) is 10.3 Å². The average molecular weight is 517 g/mol. The molecule has 3 atom stereocenters. The van der Waals surface area contributed by atoms with Crippen molar-refractivity contribution >= 4 is 57.6 Å². The van der Waals surface area contributed by atoms with Gasteiger partial charge in [-0.05, 0) is 25.3 Å². The highest BCUT2D eigenvalue weighted by molar-refractivity contribution is 8.14. The smallest absolute Gasteiger partial charge is 0.332 e. The van der Waals surface area contributed by atoms with Crippen molar-refractivity contribution < 1.29 is 24.2 Å². The molecule has 182 valence electrons. The maximum atomic E-state index is 12.5. The van der Waals surface area contributed by atoms with Crippen molar-refractivity contribution in [3.8, 4) is 0 Å². The number of nitrogens with two attached hydrogens (primary N) is 1. The van der Waals surface area contributed by atoms with Crippen molar-refractivity contribution in [2.45, 2.75) is 57.8 Å². The molecule has 1 amide bonds. The van der Waals surface area contributed by atoms with Crippen LogP contribution in [-0.2, 0) is 25.7 Å². The third kappa shape index (κ3) is 8.09. The first-order chi connectivity index (χ1) is 15.6. The molecule has 0 saturated carbocycles. The summed E-state index contributed by atoms with van der Waals surface area (Å²) in [6.07, 6.45) is 3.17. The molecule has 0 radical (unpaired) electrons. The summed E-state index contributed by atoms with van der Waals surface area (Å²) in [5, 5.41) is 15.1. The van der Waals surface area contributed by atoms with Crippen LogP contribution in [0.1, 0.15) is 44.3 Å². The van der Waals surface area contributed by atoms with Crippen LogP contribution in [0.3, 0.4) is 0 Å². The number of aliphatic imine (C=N–C) groups is 1. The van der Waals surface area contributed by atoms with Crippen LogP contribution >= 0.6 is 34.7 Å². The van der Waals surface area contributed by atoms with E-state index in [1.807, 2.05) is 13.8 Å². The van der Waals surface area contributed by atoms with Crippen molar-refractivity contribution in [3.05, 3.63) is 28.2 Å². The Morgan fingerprint density at radius 2 is 2.15 bits per heavy atom. The summed E-state index contributed by atoms with van der Waals surface area (Å²) in [6, 6.07) is -0.773. The number of allylic oxidation sites excluding steroid dienone is 1. The van der Waals surface area contributed by atoms with Crippen molar-refractivity contribution in [2.75, 3.05) is 11.6 Å². The summed E-state index contributed by atoms with van der Waals surface area (Å²) in [6.45, 7) is 5.39. The lowest BCUT2D eigenvalue weighted by Crippen LogP contribution is -2.39. The zero-order chi connectivity index (χ0) is 24.6. The molecule has 4 N–H and O–H groups in total. The van der Waals surface area contributed by atoms with Gasteiger partial charge in [0.25, 0.3) is 0 Å². The Morgan fingerprint density at radius 3 is 2.76 bits per heavy atom. The van der Waals surface area contributed by atoms with Crippen LogP contribution in [0.5, 0.6) is 0 Å². The van der Waals surface area contributed by atoms with E-state index >= 15 is 0 Å². The molecule has 0 bridgehead atoms. The second-order valence-electron chi connectivity index (χ2n) is 8.04. The van der Waals surface area contributed by atoms with Crippen molar-refractivity contribution in [3.63, 3.8) is 0 Å². The summed E-state index contributed by atoms with van der Waals surface area (Å²) in [5.74, 6) is -1.18. The summed E-state index contributed by atoms with van der Waals surface area (Å²) in [4.78, 5) is 44.8. The molecule has 2 rings (SSSR count). The molecule has 12 heteroatoms. The maximum absolute atomic E-state index is 12.5. The monoisotopic (exact) mass is 516 g/mol. The van der Waals surface area contributed by atoms with Crippen LogP contribution in [0.15, 0.2) is 22.5 Å². The van der Waals surface area contributed by atoms with E-state index in [0.717, 1.165) is 0 Å². The number of thiazole rings is 1. The number of rotatable bonds is 12. The standard InChI is InChI=1S/C21H29ClN4O5S2/c1-12(2)17(23)19(28)31-13(6-4-5-7-22)8-15(27)24-9-16-25-14(10-32-16)18-26-21(3,11-33-18)20(29)30/h4,6,10,12-13,17H,5,7-9,11,23H2,1-3H3,(H,24,27)(H,29,30)/b6-4+/t13-,17+,21+/m1/s1. The number of carboxylic acids is 1. The molecule has 1 aliphatic heterocycles. The minimum atomic E-state index is -1.15. The van der Waals surface area contributed by atoms with E-state index in [1.165, 1.54) is 23.1 Å². The number of hydrogen-bond donors (Lipinski definition) is 3. The minimum absolute atomic E-state index is 0.0624. The molecule has 1 aromatic rings. The molecular formula is C21H29ClN4O5S2. The first kappa shape index (κ1) is 27.3. The number of carbonyl (C=O) groups is 3. The summed E-state index contributed by atoms with van der Waals surface area (Å²) >= 11 is 8.37. The number of nitrogens with one attached hydrogen (secondary N) is 1. The van der Waals surface area contributed by atoms with E-state index in [-0.39, 0.29) is 24.8 Å². The quantitative estimate of drug-likeness (QED) is 0.218. The van der Waals surface area contributed by atoms with Gasteiger partial charge in [-0.3, -0.25) is 14.6 Å². The first-order valence-electron chi connectivity index (χ1n) is 10.4. The van der Waals surface area contributed by atoms with Crippen LogP contribution in [0.4, 0.5) is 0 Å². The van der Waals surface area contributed by atoms with Crippen molar-refractivity contribution in [1.29, 1.82) is 0 Å². The second kappa shape index (κ2) is 12.5. The van der Waals surface area contributed by atoms with Gasteiger partial charge in [0.2, 0.25) is 5.91 Å². The van der Waals surface area contributed by atoms with Gasteiger partial charge < -0.3 is 20.9 Å². The third-order valence-electron chi connectivity index (χ3n) is 4.78. The number of amides is 1. The molecular weight excluding hydrogens is 488 g/mol. The lowest BCUT2D eigenvalue weighted by atomic mass is 10.1. The van der Waals surface area contributed by atoms with E-state index in [9.17, 15) is 19.5 Å². The predicted molar refractivity (Wildman–Crippen MR) is 131 cm³/mol. The number of carboxylic acid groups (broad SMARTS) is 1. The van der Waals surface area contributed by atoms with Crippen LogP contribution in [0.2, 0.25) is 0 Å². The van der Waals surface area contributed by atoms with Gasteiger partial charge in [0.15, 0.2) is 5.54 Å². The minimum Gasteiger partial charge on any atom is -0.479 e. The average Bonchev–Trinajstić information content (AvgIpc) is 3.39. The fourth-order valence-corrected chi connectivity index (χ4v) is 4.66. The van der Waals surface area contributed by atoms with Gasteiger partial charge in [0.05, 0.1) is 13.0 Å². The Balaban J connectivity index is 1.94. The molecule has 0 spiro atoms. The number of carbonyl (C=O) groups excluding carboxylic acids is 2. The normalized spacial score (nSPS) is 20.0.